The monoisotopic (exact) mass is 586 g/mol. The lowest BCUT2D eigenvalue weighted by Crippen LogP contribution is -2.50. The van der Waals surface area contributed by atoms with Crippen molar-refractivity contribution >= 4 is 40.0 Å². The molecule has 0 saturated heterocycles. The van der Waals surface area contributed by atoms with Crippen LogP contribution in [0.15, 0.2) is 55.1 Å². The first-order chi connectivity index (χ1) is 20.3. The molecule has 1 fully saturated rings. The van der Waals surface area contributed by atoms with E-state index in [0.29, 0.717) is 30.3 Å². The maximum Gasteiger partial charge on any atom is 0.252 e. The molecule has 1 amide bonds. The Bertz CT molecular complexity index is 1710. The number of aromatic amines is 1. The van der Waals surface area contributed by atoms with E-state index in [9.17, 15) is 4.79 Å². The molecule has 6 rings (SSSR count). The number of fused-ring (bicyclic) bond motifs is 1. The van der Waals surface area contributed by atoms with Crippen LogP contribution in [0.3, 0.4) is 0 Å². The zero-order chi connectivity index (χ0) is 29.3. The summed E-state index contributed by atoms with van der Waals surface area (Å²) in [4.78, 5) is 31.6. The molecule has 216 valence electrons. The number of nitrogens with one attached hydrogen (secondary N) is 3. The molecule has 5 heterocycles. The van der Waals surface area contributed by atoms with Gasteiger partial charge in [-0.25, -0.2) is 19.6 Å². The maximum absolute atomic E-state index is 13.6. The average Bonchev–Trinajstić information content (AvgIpc) is 3.64. The number of pyridine rings is 3. The lowest BCUT2D eigenvalue weighted by atomic mass is 9.76. The van der Waals surface area contributed by atoms with E-state index in [2.05, 4.69) is 40.9 Å². The van der Waals surface area contributed by atoms with Crippen LogP contribution in [-0.2, 0) is 9.53 Å². The number of anilines is 2. The molecular formula is C29H31ClN10O2. The average molecular weight is 587 g/mol. The van der Waals surface area contributed by atoms with E-state index in [1.165, 1.54) is 11.0 Å². The van der Waals surface area contributed by atoms with Gasteiger partial charge in [-0.3, -0.25) is 14.9 Å². The van der Waals surface area contributed by atoms with Gasteiger partial charge in [0, 0.05) is 42.6 Å². The summed E-state index contributed by atoms with van der Waals surface area (Å²) in [5.74, 6) is 1.98. The minimum absolute atomic E-state index is 0.126. The molecule has 0 unspecified atom stereocenters. The summed E-state index contributed by atoms with van der Waals surface area (Å²) < 4.78 is 7.41. The zero-order valence-electron chi connectivity index (χ0n) is 23.5. The van der Waals surface area contributed by atoms with Gasteiger partial charge in [-0.1, -0.05) is 12.1 Å². The third kappa shape index (κ3) is 5.55. The van der Waals surface area contributed by atoms with Crippen LogP contribution in [0.1, 0.15) is 61.5 Å². The zero-order valence-corrected chi connectivity index (χ0v) is 24.3. The van der Waals surface area contributed by atoms with Crippen LogP contribution in [0.5, 0.6) is 0 Å². The molecule has 1 saturated carbocycles. The second-order valence-corrected chi connectivity index (χ2v) is 10.9. The smallest absolute Gasteiger partial charge is 0.252 e. The number of ether oxygens (including phenoxy) is 1. The Kier molecular flexibility index (Phi) is 7.56. The van der Waals surface area contributed by atoms with Crippen molar-refractivity contribution in [2.75, 3.05) is 12.4 Å². The lowest BCUT2D eigenvalue weighted by molar-refractivity contribution is -0.148. The number of carbonyl (C=O) groups is 1. The summed E-state index contributed by atoms with van der Waals surface area (Å²) in [7, 11) is 1.61. The van der Waals surface area contributed by atoms with Crippen molar-refractivity contribution in [2.45, 2.75) is 57.1 Å². The summed E-state index contributed by atoms with van der Waals surface area (Å²) in [6, 6.07) is 11.3. The van der Waals surface area contributed by atoms with Gasteiger partial charge in [0.25, 0.3) is 5.91 Å². The van der Waals surface area contributed by atoms with Gasteiger partial charge < -0.3 is 15.4 Å². The number of halogens is 1. The molecule has 0 spiro atoms. The highest BCUT2D eigenvalue weighted by molar-refractivity contribution is 6.28. The summed E-state index contributed by atoms with van der Waals surface area (Å²) in [5, 5.41) is 18.9. The quantitative estimate of drug-likeness (QED) is 0.229. The minimum atomic E-state index is -0.929. The maximum atomic E-state index is 13.6. The number of methoxy groups -OCH3 is 1. The van der Waals surface area contributed by atoms with E-state index in [4.69, 9.17) is 21.3 Å². The molecule has 3 N–H and O–H groups in total. The third-order valence-electron chi connectivity index (χ3n) is 7.88. The van der Waals surface area contributed by atoms with Gasteiger partial charge in [0.15, 0.2) is 11.6 Å². The molecule has 1 aliphatic rings. The lowest BCUT2D eigenvalue weighted by Gasteiger charge is -2.38. The van der Waals surface area contributed by atoms with Crippen LogP contribution < -0.4 is 10.6 Å². The van der Waals surface area contributed by atoms with E-state index < -0.39 is 5.60 Å². The van der Waals surface area contributed by atoms with Crippen molar-refractivity contribution in [3.63, 3.8) is 0 Å². The first kappa shape index (κ1) is 27.7. The van der Waals surface area contributed by atoms with Gasteiger partial charge in [0.1, 0.15) is 17.7 Å². The van der Waals surface area contributed by atoms with E-state index in [-0.39, 0.29) is 23.2 Å². The molecule has 0 aliphatic heterocycles. The van der Waals surface area contributed by atoms with Crippen molar-refractivity contribution in [3.8, 4) is 5.82 Å². The van der Waals surface area contributed by atoms with Crippen LogP contribution in [-0.4, -0.2) is 58.5 Å². The van der Waals surface area contributed by atoms with Gasteiger partial charge in [0.05, 0.1) is 17.3 Å². The molecule has 5 aromatic heterocycles. The third-order valence-corrected chi connectivity index (χ3v) is 8.05. The number of hydrogen-bond donors (Lipinski definition) is 3. The molecule has 13 heteroatoms. The second-order valence-electron chi connectivity index (χ2n) is 10.6. The Labute approximate surface area is 247 Å². The van der Waals surface area contributed by atoms with Crippen molar-refractivity contribution in [3.05, 3.63) is 77.4 Å². The van der Waals surface area contributed by atoms with E-state index in [1.807, 2.05) is 50.2 Å². The fourth-order valence-corrected chi connectivity index (χ4v) is 5.63. The van der Waals surface area contributed by atoms with Crippen LogP contribution in [0, 0.1) is 6.92 Å². The highest BCUT2D eigenvalue weighted by Gasteiger charge is 2.43. The summed E-state index contributed by atoms with van der Waals surface area (Å²) in [6.45, 7) is 3.88. The van der Waals surface area contributed by atoms with Gasteiger partial charge in [-0.05, 0) is 74.9 Å². The number of nitrogens with zero attached hydrogens (tertiary/aromatic N) is 7. The predicted octanol–water partition coefficient (Wildman–Crippen LogP) is 4.95. The van der Waals surface area contributed by atoms with Crippen LogP contribution in [0.25, 0.3) is 16.7 Å². The number of carbonyl (C=O) groups excluding carboxylic acids is 1. The Balaban J connectivity index is 1.16. The van der Waals surface area contributed by atoms with Crippen LogP contribution >= 0.6 is 11.6 Å². The molecule has 0 aromatic carbocycles. The Hall–Kier alpha value is -4.42. The summed E-state index contributed by atoms with van der Waals surface area (Å²) >= 11 is 5.81. The van der Waals surface area contributed by atoms with E-state index >= 15 is 0 Å². The Morgan fingerprint density at radius 1 is 1.17 bits per heavy atom. The Morgan fingerprint density at radius 3 is 2.67 bits per heavy atom. The normalized spacial score (nSPS) is 19.5. The van der Waals surface area contributed by atoms with Gasteiger partial charge in [0.2, 0.25) is 5.28 Å². The standard InChI is InChI=1S/C29H31ClN10O2/c1-17-13-23(38-37-17)35-22-14-20-5-4-12-31-25(20)26(36-22)19-8-10-29(42-3,11-9-19)27(41)34-18(2)21-6-7-24(32-15-21)40-16-33-28(30)39-40/h4-7,12-16,18-19H,8-11H2,1-3H3,(H,34,41)(H2,35,36,37,38)/t18-,19-,29+/m0/s1. The summed E-state index contributed by atoms with van der Waals surface area (Å²) in [5.41, 5.74) is 2.68. The predicted molar refractivity (Wildman–Crippen MR) is 158 cm³/mol. The molecule has 42 heavy (non-hydrogen) atoms. The number of hydrogen-bond acceptors (Lipinski definition) is 9. The van der Waals surface area contributed by atoms with Crippen molar-refractivity contribution < 1.29 is 9.53 Å². The van der Waals surface area contributed by atoms with Crippen LogP contribution in [0.2, 0.25) is 5.28 Å². The molecule has 0 bridgehead atoms. The summed E-state index contributed by atoms with van der Waals surface area (Å²) in [6.07, 6.45) is 7.58. The number of amides is 1. The van der Waals surface area contributed by atoms with Crippen molar-refractivity contribution in [1.29, 1.82) is 0 Å². The first-order valence-corrected chi connectivity index (χ1v) is 14.2. The highest BCUT2D eigenvalue weighted by atomic mass is 35.5. The fourth-order valence-electron chi connectivity index (χ4n) is 5.51. The molecule has 1 atom stereocenters. The number of H-pyrrole nitrogens is 1. The molecular weight excluding hydrogens is 556 g/mol. The Morgan fingerprint density at radius 2 is 2.00 bits per heavy atom. The number of aryl methyl sites for hydroxylation is 1. The highest BCUT2D eigenvalue weighted by Crippen LogP contribution is 2.41. The fraction of sp³-hybridized carbons (Fsp3) is 0.345. The largest absolute Gasteiger partial charge is 0.368 e. The van der Waals surface area contributed by atoms with Gasteiger partial charge >= 0.3 is 0 Å². The van der Waals surface area contributed by atoms with Crippen LogP contribution in [0.4, 0.5) is 11.6 Å². The van der Waals surface area contributed by atoms with E-state index in [1.54, 1.807) is 19.5 Å². The van der Waals surface area contributed by atoms with Crippen molar-refractivity contribution in [1.82, 2.24) is 45.2 Å². The van der Waals surface area contributed by atoms with Crippen molar-refractivity contribution in [2.24, 2.45) is 0 Å². The first-order valence-electron chi connectivity index (χ1n) is 13.8. The molecule has 1 aliphatic carbocycles. The molecule has 5 aromatic rings. The molecule has 12 nitrogen and oxygen atoms in total. The second kappa shape index (κ2) is 11.5. The minimum Gasteiger partial charge on any atom is -0.368 e. The SMILES string of the molecule is CO[C@]1(C(=O)N[C@@H](C)c2ccc(-n3cnc(Cl)n3)nc2)CC[C@H](c2nc(Nc3cc(C)[nH]n3)cc3cccnc32)CC1. The number of aromatic nitrogens is 8. The number of rotatable bonds is 8. The topological polar surface area (TPSA) is 148 Å². The van der Waals surface area contributed by atoms with Gasteiger partial charge in [-0.2, -0.15) is 5.10 Å². The van der Waals surface area contributed by atoms with E-state index in [0.717, 1.165) is 40.7 Å². The van der Waals surface area contributed by atoms with Gasteiger partial charge in [-0.15, -0.1) is 5.10 Å². The molecule has 0 radical (unpaired) electrons.